The molecular weight excluding hydrogens is 267 g/mol. The maximum atomic E-state index is 5.86. The van der Waals surface area contributed by atoms with Gasteiger partial charge in [0.05, 0.1) is 11.2 Å². The molecule has 0 unspecified atom stereocenters. The minimum absolute atomic E-state index is 0.0792. The molecule has 1 rings (SSSR count). The van der Waals surface area contributed by atoms with Crippen LogP contribution in [0.1, 0.15) is 5.56 Å². The largest absolute Gasteiger partial charge is 0.369 e. The highest BCUT2D eigenvalue weighted by atomic mass is 79.9. The van der Waals surface area contributed by atoms with Crippen LogP contribution in [0.3, 0.4) is 0 Å². The van der Waals surface area contributed by atoms with Crippen LogP contribution in [0.5, 0.6) is 0 Å². The van der Waals surface area contributed by atoms with E-state index in [4.69, 9.17) is 23.1 Å². The van der Waals surface area contributed by atoms with Gasteiger partial charge in [0.1, 0.15) is 0 Å². The number of guanidine groups is 1. The van der Waals surface area contributed by atoms with Gasteiger partial charge in [-0.15, -0.1) is 5.10 Å². The summed E-state index contributed by atoms with van der Waals surface area (Å²) in [6.45, 7) is 0. The zero-order valence-corrected chi connectivity index (χ0v) is 9.46. The van der Waals surface area contributed by atoms with E-state index in [9.17, 15) is 0 Å². The summed E-state index contributed by atoms with van der Waals surface area (Å²) < 4.78 is 0.832. The molecule has 4 nitrogen and oxygen atoms in total. The van der Waals surface area contributed by atoms with E-state index in [0.29, 0.717) is 5.02 Å². The van der Waals surface area contributed by atoms with Gasteiger partial charge in [0, 0.05) is 4.47 Å². The SMILES string of the molecule is NC(N)=N/N=C/c1ccc(Br)c(Cl)c1. The first-order valence-corrected chi connectivity index (χ1v) is 4.83. The van der Waals surface area contributed by atoms with Crippen LogP contribution in [0.2, 0.25) is 5.02 Å². The molecule has 0 amide bonds. The Labute approximate surface area is 94.8 Å². The third kappa shape index (κ3) is 3.35. The fourth-order valence-corrected chi connectivity index (χ4v) is 1.19. The van der Waals surface area contributed by atoms with Crippen molar-refractivity contribution < 1.29 is 0 Å². The fourth-order valence-electron chi connectivity index (χ4n) is 0.755. The average Bonchev–Trinajstić information content (AvgIpc) is 2.10. The number of hydrogen-bond donors (Lipinski definition) is 2. The van der Waals surface area contributed by atoms with Crippen LogP contribution in [0.4, 0.5) is 0 Å². The summed E-state index contributed by atoms with van der Waals surface area (Å²) in [5.41, 5.74) is 11.0. The predicted octanol–water partition coefficient (Wildman–Crippen LogP) is 1.71. The number of benzene rings is 1. The van der Waals surface area contributed by atoms with Crippen molar-refractivity contribution in [1.29, 1.82) is 0 Å². The van der Waals surface area contributed by atoms with Gasteiger partial charge in [0.2, 0.25) is 5.96 Å². The zero-order chi connectivity index (χ0) is 10.6. The molecule has 0 heterocycles. The first-order valence-electron chi connectivity index (χ1n) is 3.66. The van der Waals surface area contributed by atoms with Crippen molar-refractivity contribution in [2.24, 2.45) is 21.7 Å². The molecule has 1 aromatic rings. The van der Waals surface area contributed by atoms with Gasteiger partial charge in [-0.2, -0.15) is 5.10 Å². The second kappa shape index (κ2) is 4.97. The molecule has 0 aromatic heterocycles. The quantitative estimate of drug-likeness (QED) is 0.490. The van der Waals surface area contributed by atoms with Crippen LogP contribution in [-0.2, 0) is 0 Å². The minimum Gasteiger partial charge on any atom is -0.369 e. The summed E-state index contributed by atoms with van der Waals surface area (Å²) in [4.78, 5) is 0. The summed E-state index contributed by atoms with van der Waals surface area (Å²) in [7, 11) is 0. The molecule has 0 aliphatic rings. The molecule has 4 N–H and O–H groups in total. The number of rotatable bonds is 2. The maximum absolute atomic E-state index is 5.86. The molecule has 0 atom stereocenters. The monoisotopic (exact) mass is 274 g/mol. The van der Waals surface area contributed by atoms with E-state index in [1.54, 1.807) is 6.07 Å². The van der Waals surface area contributed by atoms with E-state index < -0.39 is 0 Å². The van der Waals surface area contributed by atoms with Crippen LogP contribution in [0, 0.1) is 0 Å². The lowest BCUT2D eigenvalue weighted by molar-refractivity contribution is 1.21. The van der Waals surface area contributed by atoms with E-state index in [1.165, 1.54) is 6.21 Å². The van der Waals surface area contributed by atoms with Crippen LogP contribution < -0.4 is 11.5 Å². The highest BCUT2D eigenvalue weighted by Gasteiger charge is 1.96. The van der Waals surface area contributed by atoms with Gasteiger partial charge < -0.3 is 11.5 Å². The van der Waals surface area contributed by atoms with Gasteiger partial charge in [0.15, 0.2) is 0 Å². The Morgan fingerprint density at radius 2 is 2.14 bits per heavy atom. The third-order valence-corrected chi connectivity index (χ3v) is 2.56. The molecule has 0 spiro atoms. The molecule has 0 fully saturated rings. The van der Waals surface area contributed by atoms with Gasteiger partial charge >= 0.3 is 0 Å². The Hall–Kier alpha value is -1.07. The number of nitrogens with zero attached hydrogens (tertiary/aromatic N) is 2. The van der Waals surface area contributed by atoms with Crippen molar-refractivity contribution in [1.82, 2.24) is 0 Å². The zero-order valence-electron chi connectivity index (χ0n) is 7.11. The lowest BCUT2D eigenvalue weighted by Gasteiger charge is -1.96. The van der Waals surface area contributed by atoms with E-state index in [2.05, 4.69) is 26.1 Å². The predicted molar refractivity (Wildman–Crippen MR) is 62.6 cm³/mol. The number of halogens is 2. The molecule has 0 bridgehead atoms. The van der Waals surface area contributed by atoms with Crippen molar-refractivity contribution in [3.63, 3.8) is 0 Å². The Kier molecular flexibility index (Phi) is 3.91. The second-order valence-corrected chi connectivity index (χ2v) is 3.70. The van der Waals surface area contributed by atoms with Gasteiger partial charge in [-0.3, -0.25) is 0 Å². The van der Waals surface area contributed by atoms with Crippen LogP contribution in [-0.4, -0.2) is 12.2 Å². The summed E-state index contributed by atoms with van der Waals surface area (Å²) >= 11 is 9.14. The molecule has 74 valence electrons. The Bertz CT molecular complexity index is 385. The second-order valence-electron chi connectivity index (χ2n) is 2.44. The van der Waals surface area contributed by atoms with Gasteiger partial charge in [-0.05, 0) is 33.6 Å². The van der Waals surface area contributed by atoms with E-state index in [0.717, 1.165) is 10.0 Å². The molecule has 6 heteroatoms. The first-order chi connectivity index (χ1) is 6.59. The van der Waals surface area contributed by atoms with Crippen molar-refractivity contribution in [3.8, 4) is 0 Å². The van der Waals surface area contributed by atoms with E-state index in [1.807, 2.05) is 12.1 Å². The number of nitrogens with two attached hydrogens (primary N) is 2. The smallest absolute Gasteiger partial charge is 0.211 e. The highest BCUT2D eigenvalue weighted by Crippen LogP contribution is 2.22. The molecule has 14 heavy (non-hydrogen) atoms. The molecule has 1 aromatic carbocycles. The van der Waals surface area contributed by atoms with Crippen molar-refractivity contribution >= 4 is 39.7 Å². The van der Waals surface area contributed by atoms with Crippen LogP contribution in [0.15, 0.2) is 32.9 Å². The van der Waals surface area contributed by atoms with Gasteiger partial charge in [-0.1, -0.05) is 17.7 Å². The van der Waals surface area contributed by atoms with Crippen LogP contribution in [0.25, 0.3) is 0 Å². The van der Waals surface area contributed by atoms with Crippen molar-refractivity contribution in [2.45, 2.75) is 0 Å². The number of hydrogen-bond acceptors (Lipinski definition) is 2. The summed E-state index contributed by atoms with van der Waals surface area (Å²) in [6.07, 6.45) is 1.51. The maximum Gasteiger partial charge on any atom is 0.211 e. The third-order valence-electron chi connectivity index (χ3n) is 1.32. The Morgan fingerprint density at radius 3 is 2.71 bits per heavy atom. The van der Waals surface area contributed by atoms with E-state index in [-0.39, 0.29) is 5.96 Å². The highest BCUT2D eigenvalue weighted by molar-refractivity contribution is 9.10. The van der Waals surface area contributed by atoms with E-state index >= 15 is 0 Å². The lowest BCUT2D eigenvalue weighted by atomic mass is 10.2. The topological polar surface area (TPSA) is 76.8 Å². The Balaban J connectivity index is 2.83. The standard InChI is InChI=1S/C8H8BrClN4/c9-6-2-1-5(3-7(6)10)4-13-14-8(11)12/h1-4H,(H4,11,12,14)/b13-4+. The molecule has 0 saturated heterocycles. The first kappa shape index (κ1) is 11.0. The van der Waals surface area contributed by atoms with Gasteiger partial charge in [-0.25, -0.2) is 0 Å². The molecular formula is C8H8BrClN4. The van der Waals surface area contributed by atoms with Crippen molar-refractivity contribution in [3.05, 3.63) is 33.3 Å². The normalized spacial score (nSPS) is 10.4. The minimum atomic E-state index is -0.0792. The summed E-state index contributed by atoms with van der Waals surface area (Å²) in [5, 5.41) is 7.72. The molecule has 0 radical (unpaired) electrons. The van der Waals surface area contributed by atoms with Crippen LogP contribution >= 0.6 is 27.5 Å². The molecule has 0 aliphatic carbocycles. The molecule has 0 aliphatic heterocycles. The average molecular weight is 276 g/mol. The fraction of sp³-hybridized carbons (Fsp3) is 0. The molecule has 0 saturated carbocycles. The lowest BCUT2D eigenvalue weighted by Crippen LogP contribution is -2.21. The summed E-state index contributed by atoms with van der Waals surface area (Å²) in [6, 6.07) is 5.40. The Morgan fingerprint density at radius 1 is 1.43 bits per heavy atom. The van der Waals surface area contributed by atoms with Crippen molar-refractivity contribution in [2.75, 3.05) is 0 Å². The summed E-state index contributed by atoms with van der Waals surface area (Å²) in [5.74, 6) is -0.0792. The van der Waals surface area contributed by atoms with Gasteiger partial charge in [0.25, 0.3) is 0 Å².